The minimum Gasteiger partial charge on any atom is -0.478 e. The van der Waals surface area contributed by atoms with Gasteiger partial charge >= 0.3 is 5.97 Å². The van der Waals surface area contributed by atoms with E-state index in [1.807, 2.05) is 31.2 Å². The van der Waals surface area contributed by atoms with Crippen molar-refractivity contribution in [3.8, 4) is 0 Å². The number of fused-ring (bicyclic) bond motifs is 1. The molecule has 0 amide bonds. The average molecular weight is 326 g/mol. The van der Waals surface area contributed by atoms with Gasteiger partial charge in [-0.3, -0.25) is 9.36 Å². The van der Waals surface area contributed by atoms with Crippen LogP contribution in [0.2, 0.25) is 0 Å². The molecule has 0 aliphatic rings. The van der Waals surface area contributed by atoms with Crippen molar-refractivity contribution in [2.24, 2.45) is 0 Å². The number of hydrogen-bond donors (Lipinski definition) is 2. The summed E-state index contributed by atoms with van der Waals surface area (Å²) in [4.78, 5) is 26.6. The molecule has 0 fully saturated rings. The number of aromatic nitrogens is 2. The average Bonchev–Trinajstić information content (AvgIpc) is 2.52. The van der Waals surface area contributed by atoms with Crippen molar-refractivity contribution in [3.05, 3.63) is 74.3 Å². The van der Waals surface area contributed by atoms with E-state index in [9.17, 15) is 9.59 Å². The molecule has 116 valence electrons. The third kappa shape index (κ3) is 2.93. The highest BCUT2D eigenvalue weighted by Gasteiger charge is 2.09. The number of benzene rings is 2. The molecule has 0 atom stereocenters. The lowest BCUT2D eigenvalue weighted by Gasteiger charge is -2.09. The molecular formula is C17H14N2O3S. The number of rotatable bonds is 3. The Kier molecular flexibility index (Phi) is 3.83. The summed E-state index contributed by atoms with van der Waals surface area (Å²) in [7, 11) is 0. The maximum atomic E-state index is 12.6. The predicted molar refractivity (Wildman–Crippen MR) is 90.6 cm³/mol. The van der Waals surface area contributed by atoms with Gasteiger partial charge in [-0.25, -0.2) is 4.79 Å². The molecule has 0 spiro atoms. The van der Waals surface area contributed by atoms with E-state index in [0.29, 0.717) is 17.4 Å². The molecule has 2 N–H and O–H groups in total. The molecule has 0 saturated carbocycles. The fourth-order valence-corrected chi connectivity index (χ4v) is 2.66. The van der Waals surface area contributed by atoms with Crippen LogP contribution in [0.1, 0.15) is 21.5 Å². The van der Waals surface area contributed by atoms with Crippen molar-refractivity contribution >= 4 is 29.1 Å². The first-order valence-electron chi connectivity index (χ1n) is 7.01. The van der Waals surface area contributed by atoms with Gasteiger partial charge < -0.3 is 10.1 Å². The van der Waals surface area contributed by atoms with Gasteiger partial charge in [-0.2, -0.15) is 0 Å². The van der Waals surface area contributed by atoms with E-state index in [-0.39, 0.29) is 15.9 Å². The summed E-state index contributed by atoms with van der Waals surface area (Å²) in [6.07, 6.45) is 0. The first kappa shape index (κ1) is 15.2. The van der Waals surface area contributed by atoms with Crippen LogP contribution in [0.15, 0.2) is 47.3 Å². The van der Waals surface area contributed by atoms with Crippen LogP contribution in [-0.2, 0) is 6.54 Å². The van der Waals surface area contributed by atoms with E-state index in [4.69, 9.17) is 17.3 Å². The van der Waals surface area contributed by atoms with Crippen molar-refractivity contribution in [1.29, 1.82) is 0 Å². The molecule has 0 aliphatic carbocycles. The molecule has 3 rings (SSSR count). The summed E-state index contributed by atoms with van der Waals surface area (Å²) < 4.78 is 1.74. The highest BCUT2D eigenvalue weighted by Crippen LogP contribution is 2.12. The van der Waals surface area contributed by atoms with Crippen LogP contribution in [0, 0.1) is 11.7 Å². The highest BCUT2D eigenvalue weighted by atomic mass is 32.1. The fraction of sp³-hybridized carbons (Fsp3) is 0.118. The molecule has 2 aromatic carbocycles. The minimum absolute atomic E-state index is 0.110. The van der Waals surface area contributed by atoms with Gasteiger partial charge in [-0.15, -0.1) is 0 Å². The van der Waals surface area contributed by atoms with E-state index in [1.165, 1.54) is 22.8 Å². The molecule has 23 heavy (non-hydrogen) atoms. The van der Waals surface area contributed by atoms with Crippen LogP contribution in [0.3, 0.4) is 0 Å². The molecule has 3 aromatic rings. The third-order valence-corrected chi connectivity index (χ3v) is 4.01. The summed E-state index contributed by atoms with van der Waals surface area (Å²) in [5.74, 6) is -1.05. The van der Waals surface area contributed by atoms with Crippen LogP contribution in [-0.4, -0.2) is 20.6 Å². The fourth-order valence-electron chi connectivity index (χ4n) is 2.41. The van der Waals surface area contributed by atoms with Crippen molar-refractivity contribution in [2.45, 2.75) is 13.5 Å². The summed E-state index contributed by atoms with van der Waals surface area (Å²) in [6, 6.07) is 12.2. The van der Waals surface area contributed by atoms with E-state index < -0.39 is 5.97 Å². The summed E-state index contributed by atoms with van der Waals surface area (Å²) >= 11 is 5.26. The number of carbonyl (C=O) groups is 1. The second kappa shape index (κ2) is 5.81. The van der Waals surface area contributed by atoms with Gasteiger partial charge in [0.05, 0.1) is 23.0 Å². The molecule has 5 nitrogen and oxygen atoms in total. The summed E-state index contributed by atoms with van der Waals surface area (Å²) in [5, 5.41) is 9.44. The van der Waals surface area contributed by atoms with E-state index in [1.54, 1.807) is 0 Å². The lowest BCUT2D eigenvalue weighted by molar-refractivity contribution is 0.0697. The maximum Gasteiger partial charge on any atom is 0.335 e. The second-order valence-electron chi connectivity index (χ2n) is 5.37. The normalized spacial score (nSPS) is 10.8. The van der Waals surface area contributed by atoms with Crippen LogP contribution in [0.25, 0.3) is 10.9 Å². The van der Waals surface area contributed by atoms with Crippen molar-refractivity contribution in [1.82, 2.24) is 9.55 Å². The van der Waals surface area contributed by atoms with Crippen LogP contribution < -0.4 is 5.56 Å². The molecule has 0 radical (unpaired) electrons. The molecule has 0 aliphatic heterocycles. The smallest absolute Gasteiger partial charge is 0.335 e. The zero-order chi connectivity index (χ0) is 16.6. The van der Waals surface area contributed by atoms with Crippen molar-refractivity contribution < 1.29 is 9.90 Å². The number of hydrogen-bond acceptors (Lipinski definition) is 3. The standard InChI is InChI=1S/C17H14N2O3S/c1-10-2-4-11(5-3-10)9-19-15(20)13-7-6-12(16(21)22)8-14(13)18-17(19)23/h2-8H,9H2,1H3,(H,18,23)(H,21,22). The van der Waals surface area contributed by atoms with Crippen LogP contribution in [0.5, 0.6) is 0 Å². The van der Waals surface area contributed by atoms with Gasteiger partial charge in [-0.1, -0.05) is 29.8 Å². The Hall–Kier alpha value is -2.73. The molecule has 0 saturated heterocycles. The third-order valence-electron chi connectivity index (χ3n) is 3.69. The highest BCUT2D eigenvalue weighted by molar-refractivity contribution is 7.71. The van der Waals surface area contributed by atoms with Gasteiger partial charge in [0.1, 0.15) is 0 Å². The Balaban J connectivity index is 2.13. The minimum atomic E-state index is -1.05. The van der Waals surface area contributed by atoms with Gasteiger partial charge in [0, 0.05) is 0 Å². The monoisotopic (exact) mass is 326 g/mol. The Morgan fingerprint density at radius 1 is 1.22 bits per heavy atom. The lowest BCUT2D eigenvalue weighted by atomic mass is 10.1. The summed E-state index contributed by atoms with van der Waals surface area (Å²) in [6.45, 7) is 2.36. The maximum absolute atomic E-state index is 12.6. The zero-order valence-electron chi connectivity index (χ0n) is 12.4. The second-order valence-corrected chi connectivity index (χ2v) is 5.76. The van der Waals surface area contributed by atoms with Crippen LogP contribution in [0.4, 0.5) is 0 Å². The number of aromatic carboxylic acids is 1. The van der Waals surface area contributed by atoms with Gasteiger partial charge in [0.25, 0.3) is 5.56 Å². The van der Waals surface area contributed by atoms with E-state index >= 15 is 0 Å². The first-order chi connectivity index (χ1) is 11.0. The van der Waals surface area contributed by atoms with E-state index in [0.717, 1.165) is 11.1 Å². The number of carboxylic acids is 1. The number of nitrogens with zero attached hydrogens (tertiary/aromatic N) is 1. The summed E-state index contributed by atoms with van der Waals surface area (Å²) in [5.41, 5.74) is 2.42. The van der Waals surface area contributed by atoms with Crippen LogP contribution >= 0.6 is 12.2 Å². The molecule has 6 heteroatoms. The Morgan fingerprint density at radius 2 is 1.91 bits per heavy atom. The Labute approximate surface area is 136 Å². The lowest BCUT2D eigenvalue weighted by Crippen LogP contribution is -2.23. The predicted octanol–water partition coefficient (Wildman–Crippen LogP) is 3.11. The molecule has 1 heterocycles. The van der Waals surface area contributed by atoms with Gasteiger partial charge in [0.15, 0.2) is 4.77 Å². The molecule has 0 bridgehead atoms. The number of carboxylic acid groups (broad SMARTS) is 1. The molecule has 1 aromatic heterocycles. The number of aryl methyl sites for hydroxylation is 1. The largest absolute Gasteiger partial charge is 0.478 e. The number of H-pyrrole nitrogens is 1. The molecule has 0 unspecified atom stereocenters. The van der Waals surface area contributed by atoms with Gasteiger partial charge in [0.2, 0.25) is 0 Å². The van der Waals surface area contributed by atoms with E-state index in [2.05, 4.69) is 4.98 Å². The van der Waals surface area contributed by atoms with Crippen molar-refractivity contribution in [2.75, 3.05) is 0 Å². The van der Waals surface area contributed by atoms with Crippen molar-refractivity contribution in [3.63, 3.8) is 0 Å². The first-order valence-corrected chi connectivity index (χ1v) is 7.42. The topological polar surface area (TPSA) is 75.1 Å². The number of nitrogens with one attached hydrogen (secondary N) is 1. The Bertz CT molecular complexity index is 1020. The number of aromatic amines is 1. The Morgan fingerprint density at radius 3 is 2.57 bits per heavy atom. The molecular weight excluding hydrogens is 312 g/mol. The zero-order valence-corrected chi connectivity index (χ0v) is 13.2. The quantitative estimate of drug-likeness (QED) is 0.725. The van der Waals surface area contributed by atoms with Gasteiger partial charge in [-0.05, 0) is 42.9 Å². The SMILES string of the molecule is Cc1ccc(Cn2c(=S)[nH]c3cc(C(=O)O)ccc3c2=O)cc1.